The molecule has 0 saturated carbocycles. The van der Waals surface area contributed by atoms with Gasteiger partial charge in [0.15, 0.2) is 0 Å². The van der Waals surface area contributed by atoms with Crippen LogP contribution in [-0.4, -0.2) is 22.3 Å². The maximum absolute atomic E-state index is 12.7. The number of benzene rings is 1. The Labute approximate surface area is 162 Å². The topological polar surface area (TPSA) is 44.1 Å². The predicted molar refractivity (Wildman–Crippen MR) is 105 cm³/mol. The largest absolute Gasteiger partial charge is 0.376 e. The smallest absolute Gasteiger partial charge is 0.348 e. The Morgan fingerprint density at radius 1 is 1.27 bits per heavy atom. The zero-order chi connectivity index (χ0) is 17.9. The molecule has 0 spiro atoms. The molecule has 26 heavy (non-hydrogen) atoms. The second kappa shape index (κ2) is 8.15. The quantitative estimate of drug-likeness (QED) is 0.565. The molecule has 0 N–H and O–H groups in total. The lowest BCUT2D eigenvalue weighted by Crippen LogP contribution is -2.33. The van der Waals surface area contributed by atoms with Gasteiger partial charge in [0, 0.05) is 28.6 Å². The monoisotopic (exact) mass is 390 g/mol. The molecule has 1 aromatic carbocycles. The van der Waals surface area contributed by atoms with Crippen molar-refractivity contribution >= 4 is 23.4 Å². The number of aromatic nitrogens is 2. The SMILES string of the molecule is O=c1nc(SCc2cccc(Cl)c2)c2c(n1C[C@@H]1CCCO1)CCCC2. The van der Waals surface area contributed by atoms with E-state index in [4.69, 9.17) is 16.3 Å². The number of rotatable bonds is 5. The first-order valence-corrected chi connectivity index (χ1v) is 10.7. The number of nitrogens with zero attached hydrogens (tertiary/aromatic N) is 2. The van der Waals surface area contributed by atoms with E-state index >= 15 is 0 Å². The number of ether oxygens (including phenoxy) is 1. The molecular weight excluding hydrogens is 368 g/mol. The minimum Gasteiger partial charge on any atom is -0.376 e. The van der Waals surface area contributed by atoms with Gasteiger partial charge in [-0.15, -0.1) is 11.8 Å². The van der Waals surface area contributed by atoms with Gasteiger partial charge in [-0.05, 0) is 56.2 Å². The number of hydrogen-bond donors (Lipinski definition) is 0. The van der Waals surface area contributed by atoms with Crippen LogP contribution in [0, 0.1) is 0 Å². The van der Waals surface area contributed by atoms with E-state index in [1.807, 2.05) is 22.8 Å². The van der Waals surface area contributed by atoms with Gasteiger partial charge in [-0.3, -0.25) is 4.57 Å². The Morgan fingerprint density at radius 3 is 2.96 bits per heavy atom. The molecule has 6 heteroatoms. The second-order valence-corrected chi connectivity index (χ2v) is 8.40. The summed E-state index contributed by atoms with van der Waals surface area (Å²) in [5, 5.41) is 1.64. The molecule has 1 fully saturated rings. The molecule has 1 aliphatic heterocycles. The van der Waals surface area contributed by atoms with Crippen molar-refractivity contribution in [3.63, 3.8) is 0 Å². The molecule has 4 nitrogen and oxygen atoms in total. The van der Waals surface area contributed by atoms with Gasteiger partial charge in [0.05, 0.1) is 12.6 Å². The van der Waals surface area contributed by atoms with Crippen LogP contribution in [0.1, 0.15) is 42.5 Å². The average molecular weight is 391 g/mol. The third kappa shape index (κ3) is 4.00. The molecule has 2 aliphatic rings. The van der Waals surface area contributed by atoms with Crippen molar-refractivity contribution < 1.29 is 4.74 Å². The summed E-state index contributed by atoms with van der Waals surface area (Å²) in [7, 11) is 0. The van der Waals surface area contributed by atoms with E-state index in [1.165, 1.54) is 11.3 Å². The molecule has 1 saturated heterocycles. The molecule has 0 unspecified atom stereocenters. The molecule has 1 aromatic heterocycles. The summed E-state index contributed by atoms with van der Waals surface area (Å²) in [4.78, 5) is 17.2. The highest BCUT2D eigenvalue weighted by molar-refractivity contribution is 7.98. The number of hydrogen-bond acceptors (Lipinski definition) is 4. The van der Waals surface area contributed by atoms with Crippen LogP contribution in [0.2, 0.25) is 5.02 Å². The Hall–Kier alpha value is -1.30. The molecule has 138 valence electrons. The molecule has 2 aromatic rings. The van der Waals surface area contributed by atoms with Gasteiger partial charge in [-0.25, -0.2) is 4.79 Å². The fourth-order valence-corrected chi connectivity index (χ4v) is 5.06. The fourth-order valence-electron chi connectivity index (χ4n) is 3.83. The lowest BCUT2D eigenvalue weighted by Gasteiger charge is -2.24. The summed E-state index contributed by atoms with van der Waals surface area (Å²) >= 11 is 7.73. The van der Waals surface area contributed by atoms with Crippen LogP contribution in [0.15, 0.2) is 34.1 Å². The summed E-state index contributed by atoms with van der Waals surface area (Å²) in [6.07, 6.45) is 6.55. The van der Waals surface area contributed by atoms with Crippen molar-refractivity contribution in [2.24, 2.45) is 0 Å². The maximum atomic E-state index is 12.7. The van der Waals surface area contributed by atoms with Gasteiger partial charge >= 0.3 is 5.69 Å². The van der Waals surface area contributed by atoms with Gasteiger partial charge in [-0.1, -0.05) is 23.7 Å². The first-order chi connectivity index (χ1) is 12.7. The number of halogens is 1. The van der Waals surface area contributed by atoms with Gasteiger partial charge in [0.2, 0.25) is 0 Å². The van der Waals surface area contributed by atoms with Crippen molar-refractivity contribution in [2.75, 3.05) is 6.61 Å². The van der Waals surface area contributed by atoms with Gasteiger partial charge in [0.25, 0.3) is 0 Å². The third-order valence-corrected chi connectivity index (χ3v) is 6.45. The van der Waals surface area contributed by atoms with Crippen LogP contribution in [0.4, 0.5) is 0 Å². The summed E-state index contributed by atoms with van der Waals surface area (Å²) in [5.74, 6) is 0.773. The minimum atomic E-state index is -0.130. The molecule has 1 atom stereocenters. The zero-order valence-electron chi connectivity index (χ0n) is 14.7. The average Bonchev–Trinajstić information content (AvgIpc) is 3.16. The van der Waals surface area contributed by atoms with Crippen molar-refractivity contribution in [3.05, 3.63) is 56.6 Å². The fraction of sp³-hybridized carbons (Fsp3) is 0.500. The Kier molecular flexibility index (Phi) is 5.67. The van der Waals surface area contributed by atoms with E-state index < -0.39 is 0 Å². The Morgan fingerprint density at radius 2 is 2.15 bits per heavy atom. The van der Waals surface area contributed by atoms with Crippen LogP contribution in [-0.2, 0) is 29.9 Å². The molecule has 2 heterocycles. The van der Waals surface area contributed by atoms with Crippen LogP contribution in [0.3, 0.4) is 0 Å². The molecule has 0 bridgehead atoms. The van der Waals surface area contributed by atoms with Crippen molar-refractivity contribution in [1.29, 1.82) is 0 Å². The van der Waals surface area contributed by atoms with E-state index in [-0.39, 0.29) is 11.8 Å². The predicted octanol–water partition coefficient (Wildman–Crippen LogP) is 4.25. The number of fused-ring (bicyclic) bond motifs is 1. The minimum absolute atomic E-state index is 0.130. The number of thioether (sulfide) groups is 1. The Balaban J connectivity index is 1.60. The van der Waals surface area contributed by atoms with E-state index in [0.29, 0.717) is 6.54 Å². The lowest BCUT2D eigenvalue weighted by atomic mass is 9.97. The van der Waals surface area contributed by atoms with E-state index in [2.05, 4.69) is 11.1 Å². The standard InChI is InChI=1S/C20H23ClN2O2S/c21-15-6-3-5-14(11-15)13-26-19-17-8-1-2-9-18(17)23(20(24)22-19)12-16-7-4-10-25-16/h3,5-6,11,16H,1-2,4,7-10,12-13H2/t16-/m0/s1. The van der Waals surface area contributed by atoms with Gasteiger partial charge < -0.3 is 4.74 Å². The zero-order valence-corrected chi connectivity index (χ0v) is 16.3. The summed E-state index contributed by atoms with van der Waals surface area (Å²) < 4.78 is 7.63. The molecule has 0 amide bonds. The van der Waals surface area contributed by atoms with Gasteiger partial charge in [-0.2, -0.15) is 4.98 Å². The highest BCUT2D eigenvalue weighted by atomic mass is 35.5. The van der Waals surface area contributed by atoms with E-state index in [1.54, 1.807) is 11.8 Å². The van der Waals surface area contributed by atoms with E-state index in [9.17, 15) is 4.79 Å². The molecule has 4 rings (SSSR count). The van der Waals surface area contributed by atoms with Crippen LogP contribution >= 0.6 is 23.4 Å². The van der Waals surface area contributed by atoms with Crippen LogP contribution in [0.5, 0.6) is 0 Å². The maximum Gasteiger partial charge on any atom is 0.348 e. The van der Waals surface area contributed by atoms with Crippen LogP contribution < -0.4 is 5.69 Å². The summed E-state index contributed by atoms with van der Waals surface area (Å²) in [6, 6.07) is 7.87. The van der Waals surface area contributed by atoms with Crippen molar-refractivity contribution in [2.45, 2.75) is 62.0 Å². The summed E-state index contributed by atoms with van der Waals surface area (Å²) in [6.45, 7) is 1.45. The highest BCUT2D eigenvalue weighted by Crippen LogP contribution is 2.31. The van der Waals surface area contributed by atoms with Crippen molar-refractivity contribution in [1.82, 2.24) is 9.55 Å². The third-order valence-electron chi connectivity index (χ3n) is 5.13. The van der Waals surface area contributed by atoms with Crippen LogP contribution in [0.25, 0.3) is 0 Å². The first kappa shape index (κ1) is 18.1. The molecule has 0 radical (unpaired) electrons. The lowest BCUT2D eigenvalue weighted by molar-refractivity contribution is 0.0947. The first-order valence-electron chi connectivity index (χ1n) is 9.32. The van der Waals surface area contributed by atoms with Gasteiger partial charge in [0.1, 0.15) is 5.03 Å². The van der Waals surface area contributed by atoms with E-state index in [0.717, 1.165) is 66.5 Å². The molecule has 1 aliphatic carbocycles. The Bertz CT molecular complexity index is 846. The normalized spacial score (nSPS) is 19.5. The second-order valence-electron chi connectivity index (χ2n) is 7.00. The summed E-state index contributed by atoms with van der Waals surface area (Å²) in [5.41, 5.74) is 3.47. The highest BCUT2D eigenvalue weighted by Gasteiger charge is 2.24. The van der Waals surface area contributed by atoms with Crippen molar-refractivity contribution in [3.8, 4) is 0 Å². The molecular formula is C20H23ClN2O2S.